The SMILES string of the molecule is C=Cc1ccc(C(=O)NCCNS(=O)(=O)c2cccc3c(N(C)C)cccc23)cc1. The molecule has 0 aliphatic carbocycles. The Morgan fingerprint density at radius 3 is 2.30 bits per heavy atom. The number of nitrogens with zero attached hydrogens (tertiary/aromatic N) is 1. The monoisotopic (exact) mass is 423 g/mol. The van der Waals surface area contributed by atoms with Crippen LogP contribution in [0.15, 0.2) is 72.1 Å². The van der Waals surface area contributed by atoms with Crippen molar-refractivity contribution in [2.75, 3.05) is 32.1 Å². The van der Waals surface area contributed by atoms with Crippen molar-refractivity contribution in [3.8, 4) is 0 Å². The van der Waals surface area contributed by atoms with Gasteiger partial charge in [-0.3, -0.25) is 4.79 Å². The van der Waals surface area contributed by atoms with Gasteiger partial charge in [0.1, 0.15) is 0 Å². The molecular formula is C23H25N3O3S. The third kappa shape index (κ3) is 4.69. The van der Waals surface area contributed by atoms with Gasteiger partial charge in [0.25, 0.3) is 5.91 Å². The molecule has 0 aromatic heterocycles. The highest BCUT2D eigenvalue weighted by atomic mass is 32.2. The summed E-state index contributed by atoms with van der Waals surface area (Å²) < 4.78 is 28.3. The maximum Gasteiger partial charge on any atom is 0.251 e. The number of anilines is 1. The quantitative estimate of drug-likeness (QED) is 0.545. The summed E-state index contributed by atoms with van der Waals surface area (Å²) in [5.41, 5.74) is 2.37. The second kappa shape index (κ2) is 9.11. The summed E-state index contributed by atoms with van der Waals surface area (Å²) >= 11 is 0. The molecule has 3 rings (SSSR count). The fourth-order valence-corrected chi connectivity index (χ4v) is 4.45. The minimum absolute atomic E-state index is 0.0859. The summed E-state index contributed by atoms with van der Waals surface area (Å²) in [6.07, 6.45) is 1.70. The molecule has 3 aromatic carbocycles. The lowest BCUT2D eigenvalue weighted by molar-refractivity contribution is 0.0954. The Morgan fingerprint density at radius 1 is 0.967 bits per heavy atom. The summed E-state index contributed by atoms with van der Waals surface area (Å²) in [7, 11) is 0.105. The zero-order valence-corrected chi connectivity index (χ0v) is 17.9. The van der Waals surface area contributed by atoms with Gasteiger partial charge in [-0.2, -0.15) is 0 Å². The minimum atomic E-state index is -3.73. The molecule has 0 aliphatic heterocycles. The average Bonchev–Trinajstić information content (AvgIpc) is 2.75. The summed E-state index contributed by atoms with van der Waals surface area (Å²) in [5, 5.41) is 4.24. The van der Waals surface area contributed by atoms with Crippen LogP contribution in [0.25, 0.3) is 16.8 Å². The molecule has 0 atom stereocenters. The molecule has 1 amide bonds. The van der Waals surface area contributed by atoms with Crippen molar-refractivity contribution in [1.29, 1.82) is 0 Å². The number of benzene rings is 3. The molecule has 0 saturated carbocycles. The summed E-state index contributed by atoms with van der Waals surface area (Å²) in [6.45, 7) is 3.94. The topological polar surface area (TPSA) is 78.5 Å². The van der Waals surface area contributed by atoms with E-state index < -0.39 is 10.0 Å². The number of sulfonamides is 1. The molecule has 6 nitrogen and oxygen atoms in total. The minimum Gasteiger partial charge on any atom is -0.377 e. The number of hydrogen-bond acceptors (Lipinski definition) is 4. The van der Waals surface area contributed by atoms with E-state index in [0.717, 1.165) is 16.6 Å². The Labute approximate surface area is 177 Å². The van der Waals surface area contributed by atoms with Gasteiger partial charge < -0.3 is 10.2 Å². The van der Waals surface area contributed by atoms with Crippen LogP contribution in [0.5, 0.6) is 0 Å². The van der Waals surface area contributed by atoms with Crippen molar-refractivity contribution in [3.63, 3.8) is 0 Å². The van der Waals surface area contributed by atoms with Crippen LogP contribution in [-0.4, -0.2) is 41.5 Å². The van der Waals surface area contributed by atoms with E-state index in [1.807, 2.05) is 37.2 Å². The Kier molecular flexibility index (Phi) is 6.54. The Bertz CT molecular complexity index is 1170. The summed E-state index contributed by atoms with van der Waals surface area (Å²) in [5.74, 6) is -0.259. The highest BCUT2D eigenvalue weighted by molar-refractivity contribution is 7.89. The third-order valence-corrected chi connectivity index (χ3v) is 6.26. The maximum absolute atomic E-state index is 12.9. The maximum atomic E-state index is 12.9. The molecule has 30 heavy (non-hydrogen) atoms. The highest BCUT2D eigenvalue weighted by Gasteiger charge is 2.18. The Hall–Kier alpha value is -3.16. The van der Waals surface area contributed by atoms with Crippen LogP contribution >= 0.6 is 0 Å². The van der Waals surface area contributed by atoms with Crippen LogP contribution in [0.1, 0.15) is 15.9 Å². The van der Waals surface area contributed by atoms with Crippen molar-refractivity contribution < 1.29 is 13.2 Å². The third-order valence-electron chi connectivity index (χ3n) is 4.74. The fourth-order valence-electron chi connectivity index (χ4n) is 3.20. The molecule has 7 heteroatoms. The molecular weight excluding hydrogens is 398 g/mol. The van der Waals surface area contributed by atoms with Crippen molar-refractivity contribution in [3.05, 3.63) is 78.4 Å². The highest BCUT2D eigenvalue weighted by Crippen LogP contribution is 2.29. The van der Waals surface area contributed by atoms with Crippen LogP contribution in [0.2, 0.25) is 0 Å². The normalized spacial score (nSPS) is 11.3. The van der Waals surface area contributed by atoms with Crippen LogP contribution in [0.3, 0.4) is 0 Å². The Balaban J connectivity index is 1.68. The first-order chi connectivity index (χ1) is 14.3. The van der Waals surface area contributed by atoms with Gasteiger partial charge in [-0.25, -0.2) is 13.1 Å². The summed E-state index contributed by atoms with van der Waals surface area (Å²) in [6, 6.07) is 17.8. The molecule has 0 spiro atoms. The van der Waals surface area contributed by atoms with Crippen molar-refractivity contribution in [1.82, 2.24) is 10.0 Å². The van der Waals surface area contributed by atoms with Gasteiger partial charge in [0, 0.05) is 49.2 Å². The second-order valence-electron chi connectivity index (χ2n) is 7.00. The van der Waals surface area contributed by atoms with E-state index in [4.69, 9.17) is 0 Å². The zero-order valence-electron chi connectivity index (χ0n) is 17.1. The molecule has 0 unspecified atom stereocenters. The number of rotatable bonds is 8. The van der Waals surface area contributed by atoms with Crippen LogP contribution in [0, 0.1) is 0 Å². The van der Waals surface area contributed by atoms with E-state index in [0.29, 0.717) is 10.9 Å². The van der Waals surface area contributed by atoms with Gasteiger partial charge in [-0.05, 0) is 29.8 Å². The van der Waals surface area contributed by atoms with Gasteiger partial charge in [0.15, 0.2) is 0 Å². The lowest BCUT2D eigenvalue weighted by Gasteiger charge is -2.17. The lowest BCUT2D eigenvalue weighted by Crippen LogP contribution is -2.34. The smallest absolute Gasteiger partial charge is 0.251 e. The number of carbonyl (C=O) groups is 1. The van der Waals surface area contributed by atoms with Gasteiger partial charge in [0.05, 0.1) is 4.90 Å². The standard InChI is InChI=1S/C23H25N3O3S/c1-4-17-11-13-18(14-12-17)23(27)24-15-16-25-30(28,29)22-10-6-7-19-20(22)8-5-9-21(19)26(2)3/h4-14,25H,1,15-16H2,2-3H3,(H,24,27). The zero-order chi connectivity index (χ0) is 21.7. The van der Waals surface area contributed by atoms with E-state index in [1.54, 1.807) is 48.5 Å². The molecule has 0 bridgehead atoms. The molecule has 3 aromatic rings. The van der Waals surface area contributed by atoms with E-state index in [-0.39, 0.29) is 23.9 Å². The first-order valence-electron chi connectivity index (χ1n) is 9.53. The van der Waals surface area contributed by atoms with Crippen molar-refractivity contribution in [2.24, 2.45) is 0 Å². The lowest BCUT2D eigenvalue weighted by atomic mass is 10.1. The van der Waals surface area contributed by atoms with Crippen LogP contribution in [-0.2, 0) is 10.0 Å². The predicted molar refractivity (Wildman–Crippen MR) is 122 cm³/mol. The molecule has 0 heterocycles. The van der Waals surface area contributed by atoms with Gasteiger partial charge >= 0.3 is 0 Å². The number of nitrogens with one attached hydrogen (secondary N) is 2. The Morgan fingerprint density at radius 2 is 1.63 bits per heavy atom. The molecule has 0 saturated heterocycles. The average molecular weight is 424 g/mol. The molecule has 0 radical (unpaired) electrons. The molecule has 0 fully saturated rings. The van der Waals surface area contributed by atoms with Crippen molar-refractivity contribution in [2.45, 2.75) is 4.90 Å². The van der Waals surface area contributed by atoms with Gasteiger partial charge in [0.2, 0.25) is 10.0 Å². The van der Waals surface area contributed by atoms with Crippen molar-refractivity contribution >= 4 is 38.5 Å². The van der Waals surface area contributed by atoms with E-state index in [9.17, 15) is 13.2 Å². The van der Waals surface area contributed by atoms with E-state index in [1.165, 1.54) is 0 Å². The van der Waals surface area contributed by atoms with E-state index >= 15 is 0 Å². The number of amides is 1. The van der Waals surface area contributed by atoms with Crippen LogP contribution < -0.4 is 14.9 Å². The fraction of sp³-hybridized carbons (Fsp3) is 0.174. The van der Waals surface area contributed by atoms with Crippen LogP contribution in [0.4, 0.5) is 5.69 Å². The van der Waals surface area contributed by atoms with E-state index in [2.05, 4.69) is 16.6 Å². The number of fused-ring (bicyclic) bond motifs is 1. The summed E-state index contributed by atoms with van der Waals surface area (Å²) in [4.78, 5) is 14.4. The van der Waals surface area contributed by atoms with Gasteiger partial charge in [-0.1, -0.05) is 49.1 Å². The van der Waals surface area contributed by atoms with Gasteiger partial charge in [-0.15, -0.1) is 0 Å². The first-order valence-corrected chi connectivity index (χ1v) is 11.0. The largest absolute Gasteiger partial charge is 0.377 e. The number of carbonyl (C=O) groups excluding carboxylic acids is 1. The predicted octanol–water partition coefficient (Wildman–Crippen LogP) is 3.26. The second-order valence-corrected chi connectivity index (χ2v) is 8.74. The molecule has 0 aliphatic rings. The molecule has 156 valence electrons. The number of hydrogen-bond donors (Lipinski definition) is 2. The molecule has 2 N–H and O–H groups in total. The first kappa shape index (κ1) is 21.5.